The van der Waals surface area contributed by atoms with E-state index in [4.69, 9.17) is 37.4 Å². The number of amides is 2. The fourth-order valence-electron chi connectivity index (χ4n) is 6.13. The van der Waals surface area contributed by atoms with Crippen molar-refractivity contribution in [2.45, 2.75) is 51.6 Å². The Hall–Kier alpha value is -5.80. The molecule has 4 aromatic carbocycles. The Morgan fingerprint density at radius 2 is 1.15 bits per heavy atom. The lowest BCUT2D eigenvalue weighted by Crippen LogP contribution is -2.38. The van der Waals surface area contributed by atoms with E-state index in [-0.39, 0.29) is 47.0 Å². The lowest BCUT2D eigenvalue weighted by atomic mass is 9.99. The van der Waals surface area contributed by atoms with Gasteiger partial charge in [-0.3, -0.25) is 24.0 Å². The second-order valence-corrected chi connectivity index (χ2v) is 16.3. The number of methoxy groups -OCH3 is 1. The topological polar surface area (TPSA) is 166 Å². The number of rotatable bonds is 17. The van der Waals surface area contributed by atoms with E-state index in [0.717, 1.165) is 56.1 Å². The number of halogens is 2. The molecule has 0 unspecified atom stereocenters. The maximum Gasteiger partial charge on any atom is 0.307 e. The highest BCUT2D eigenvalue weighted by atomic mass is 35.5. The van der Waals surface area contributed by atoms with Crippen LogP contribution in [0.25, 0.3) is 22.3 Å². The molecule has 0 saturated carbocycles. The maximum atomic E-state index is 12.6. The lowest BCUT2D eigenvalue weighted by molar-refractivity contribution is -0.144. The minimum absolute atomic E-state index is 0.0367. The first kappa shape index (κ1) is 46.3. The molecule has 2 heterocycles. The summed E-state index contributed by atoms with van der Waals surface area (Å²) < 4.78 is 15.2. The van der Waals surface area contributed by atoms with Crippen molar-refractivity contribution in [1.29, 1.82) is 0 Å². The van der Waals surface area contributed by atoms with Gasteiger partial charge in [-0.25, -0.2) is 4.98 Å². The van der Waals surface area contributed by atoms with Gasteiger partial charge in [0.1, 0.15) is 9.75 Å². The van der Waals surface area contributed by atoms with Gasteiger partial charge in [-0.05, 0) is 84.3 Å². The second-order valence-electron chi connectivity index (χ2n) is 13.4. The van der Waals surface area contributed by atoms with E-state index in [9.17, 15) is 24.0 Å². The summed E-state index contributed by atoms with van der Waals surface area (Å²) in [6.07, 6.45) is 3.86. The highest BCUT2D eigenvalue weighted by Gasteiger charge is 2.22. The number of aromatic amines is 1. The van der Waals surface area contributed by atoms with Gasteiger partial charge < -0.3 is 29.8 Å². The summed E-state index contributed by atoms with van der Waals surface area (Å²) in [6, 6.07) is 30.2. The van der Waals surface area contributed by atoms with E-state index < -0.39 is 18.0 Å². The number of ether oxygens (including phenoxy) is 3. The molecule has 0 spiro atoms. The van der Waals surface area contributed by atoms with Gasteiger partial charge in [-0.1, -0.05) is 119 Å². The fraction of sp³-hybridized carbons (Fsp3) is 0.244. The molecule has 0 bridgehead atoms. The van der Waals surface area contributed by atoms with Crippen LogP contribution in [-0.2, 0) is 31.9 Å². The van der Waals surface area contributed by atoms with Gasteiger partial charge in [0.15, 0.2) is 0 Å². The van der Waals surface area contributed by atoms with Crippen LogP contribution in [0.4, 0.5) is 0 Å². The van der Waals surface area contributed by atoms with Crippen LogP contribution in [0.2, 0.25) is 10.0 Å². The quantitative estimate of drug-likeness (QED) is 0.0759. The number of carbonyl (C=O) groups excluding carboxylic acids is 4. The molecule has 6 rings (SSSR count). The number of thiazole rings is 2. The van der Waals surface area contributed by atoms with Crippen molar-refractivity contribution >= 4 is 69.6 Å². The summed E-state index contributed by atoms with van der Waals surface area (Å²) in [5, 5.41) is 7.51. The van der Waals surface area contributed by atoms with E-state index in [1.807, 2.05) is 97.1 Å². The molecular weight excluding hydrogens is 860 g/mol. The van der Waals surface area contributed by atoms with Gasteiger partial charge in [-0.2, -0.15) is 0 Å². The van der Waals surface area contributed by atoms with Crippen LogP contribution in [-0.4, -0.2) is 66.1 Å². The average Bonchev–Trinajstić information content (AvgIpc) is 3.91. The van der Waals surface area contributed by atoms with E-state index in [1.54, 1.807) is 13.8 Å². The third kappa shape index (κ3) is 14.7. The highest BCUT2D eigenvalue weighted by Crippen LogP contribution is 2.26. The summed E-state index contributed by atoms with van der Waals surface area (Å²) >= 11 is 14.1. The Morgan fingerprint density at radius 3 is 1.54 bits per heavy atom. The molecular formula is C45H44Cl2N4O8S2. The van der Waals surface area contributed by atoms with Crippen LogP contribution in [0.1, 0.15) is 57.2 Å². The molecule has 0 fully saturated rings. The fourth-order valence-corrected chi connectivity index (χ4v) is 7.73. The van der Waals surface area contributed by atoms with E-state index in [0.29, 0.717) is 39.6 Å². The molecule has 12 nitrogen and oxygen atoms in total. The van der Waals surface area contributed by atoms with Gasteiger partial charge in [-0.15, -0.1) is 0 Å². The number of H-pyrrole nitrogens is 1. The Kier molecular flexibility index (Phi) is 17.6. The number of aromatic nitrogens is 2. The van der Waals surface area contributed by atoms with Gasteiger partial charge in [0.05, 0.1) is 39.4 Å². The highest BCUT2D eigenvalue weighted by molar-refractivity contribution is 7.15. The Labute approximate surface area is 371 Å². The normalized spacial score (nSPS) is 11.6. The number of esters is 2. The molecule has 2 atom stereocenters. The minimum Gasteiger partial charge on any atom is -0.473 e. The SMILES string of the molecule is CCOC(=O)C[C@@H](Cc1ccc(-c2cccc(Cl)c2)cc1)NC(=O)c1c[nH]c(=O)s1.CCOC(=O)C[C@@H](Cc1ccc(-c2cccc(Cl)c2)cc1)NC(=O)c1cnc(OC)s1. The van der Waals surface area contributed by atoms with Crippen molar-refractivity contribution in [2.75, 3.05) is 20.3 Å². The smallest absolute Gasteiger partial charge is 0.307 e. The molecule has 2 amide bonds. The average molecular weight is 904 g/mol. The van der Waals surface area contributed by atoms with Gasteiger partial charge in [0.25, 0.3) is 17.0 Å². The van der Waals surface area contributed by atoms with Crippen molar-refractivity contribution in [3.05, 3.63) is 150 Å². The molecule has 2 aromatic heterocycles. The zero-order valence-corrected chi connectivity index (χ0v) is 36.7. The van der Waals surface area contributed by atoms with Crippen LogP contribution in [0.3, 0.4) is 0 Å². The summed E-state index contributed by atoms with van der Waals surface area (Å²) in [5.41, 5.74) is 6.03. The second kappa shape index (κ2) is 23.3. The molecule has 3 N–H and O–H groups in total. The summed E-state index contributed by atoms with van der Waals surface area (Å²) in [6.45, 7) is 4.05. The lowest BCUT2D eigenvalue weighted by Gasteiger charge is -2.18. The molecule has 61 heavy (non-hydrogen) atoms. The van der Waals surface area contributed by atoms with Gasteiger partial charge in [0, 0.05) is 28.3 Å². The van der Waals surface area contributed by atoms with Crippen LogP contribution in [0, 0.1) is 0 Å². The van der Waals surface area contributed by atoms with Crippen LogP contribution in [0.15, 0.2) is 114 Å². The summed E-state index contributed by atoms with van der Waals surface area (Å²) in [4.78, 5) is 67.3. The number of benzene rings is 4. The first-order valence-corrected chi connectivity index (χ1v) is 21.6. The standard InChI is InChI=1S/C23H23ClN2O4S.C22H21ClN2O4S/c1-3-30-21(27)13-19(26-22(28)20-14-25-23(29-2)31-20)11-15-7-9-16(10-8-15)17-5-4-6-18(24)12-17;1-2-29-20(26)12-18(25-21(27)19-13-24-22(28)30-19)10-14-6-8-15(9-7-14)16-4-3-5-17(23)11-16/h4-10,12,14,19H,3,11,13H2,1-2H3,(H,26,28);3-9,11,13,18H,2,10,12H2,1H3,(H,24,28)(H,25,27)/t19-;18-/m11/s1. The number of nitrogens with zero attached hydrogens (tertiary/aromatic N) is 1. The first-order valence-electron chi connectivity index (χ1n) is 19.2. The first-order chi connectivity index (χ1) is 29.4. The molecule has 0 aliphatic heterocycles. The molecule has 0 radical (unpaired) electrons. The van der Waals surface area contributed by atoms with Crippen molar-refractivity contribution in [3.63, 3.8) is 0 Å². The number of carbonyl (C=O) groups is 4. The molecule has 318 valence electrons. The zero-order chi connectivity index (χ0) is 43.7. The Bertz CT molecular complexity index is 2450. The monoisotopic (exact) mass is 902 g/mol. The molecule has 16 heteroatoms. The van der Waals surface area contributed by atoms with Crippen molar-refractivity contribution in [1.82, 2.24) is 20.6 Å². The summed E-state index contributed by atoms with van der Waals surface area (Å²) in [7, 11) is 1.50. The van der Waals surface area contributed by atoms with E-state index >= 15 is 0 Å². The number of nitrogens with one attached hydrogen (secondary N) is 3. The van der Waals surface area contributed by atoms with Crippen LogP contribution >= 0.6 is 45.9 Å². The molecule has 0 aliphatic carbocycles. The maximum absolute atomic E-state index is 12.6. The predicted molar refractivity (Wildman–Crippen MR) is 240 cm³/mol. The molecule has 6 aromatic rings. The number of hydrogen-bond donors (Lipinski definition) is 3. The van der Waals surface area contributed by atoms with Gasteiger partial charge >= 0.3 is 16.8 Å². The van der Waals surface area contributed by atoms with Crippen LogP contribution < -0.4 is 20.2 Å². The van der Waals surface area contributed by atoms with Crippen LogP contribution in [0.5, 0.6) is 5.19 Å². The van der Waals surface area contributed by atoms with Crippen molar-refractivity contribution in [3.8, 4) is 27.4 Å². The minimum atomic E-state index is -0.467. The summed E-state index contributed by atoms with van der Waals surface area (Å²) in [5.74, 6) is -1.44. The zero-order valence-electron chi connectivity index (χ0n) is 33.6. The predicted octanol–water partition coefficient (Wildman–Crippen LogP) is 8.82. The Balaban J connectivity index is 0.000000231. The van der Waals surface area contributed by atoms with Gasteiger partial charge in [0.2, 0.25) is 0 Å². The molecule has 0 aliphatic rings. The molecule has 0 saturated heterocycles. The van der Waals surface area contributed by atoms with E-state index in [2.05, 4.69) is 20.6 Å². The largest absolute Gasteiger partial charge is 0.473 e. The van der Waals surface area contributed by atoms with Crippen molar-refractivity contribution < 1.29 is 33.4 Å². The Morgan fingerprint density at radius 1 is 0.672 bits per heavy atom. The van der Waals surface area contributed by atoms with E-state index in [1.165, 1.54) is 19.5 Å². The number of hydrogen-bond acceptors (Lipinski definition) is 11. The third-order valence-electron chi connectivity index (χ3n) is 8.93. The third-order valence-corrected chi connectivity index (χ3v) is 11.2. The van der Waals surface area contributed by atoms with Crippen molar-refractivity contribution in [2.24, 2.45) is 0 Å².